The van der Waals surface area contributed by atoms with Crippen LogP contribution in [0, 0.1) is 5.92 Å². The van der Waals surface area contributed by atoms with E-state index in [2.05, 4.69) is 4.99 Å². The summed E-state index contributed by atoms with van der Waals surface area (Å²) in [6.07, 6.45) is 1.81. The van der Waals surface area contributed by atoms with Crippen molar-refractivity contribution >= 4 is 29.4 Å². The minimum absolute atomic E-state index is 0.137. The van der Waals surface area contributed by atoms with Crippen molar-refractivity contribution in [3.8, 4) is 11.5 Å². The standard InChI is InChI=1S/C28H28N2O6S/c1-16(2)15-35-27(33)24-17(3)29-28-30(26(32)23(37-28)13-19-9-7-6-8-10-19)25(24)20-11-12-21(36-18(4)31)22(14-20)34-5/h6-14,16,25H,15H2,1-5H3/b23-13+/t25-/m0/s1. The fraction of sp³-hybridized carbons (Fsp3) is 0.286. The highest BCUT2D eigenvalue weighted by Crippen LogP contribution is 2.36. The van der Waals surface area contributed by atoms with E-state index in [1.807, 2.05) is 44.2 Å². The third-order valence-electron chi connectivity index (χ3n) is 5.64. The van der Waals surface area contributed by atoms with Gasteiger partial charge in [0.2, 0.25) is 0 Å². The Balaban J connectivity index is 1.92. The van der Waals surface area contributed by atoms with Crippen molar-refractivity contribution in [3.05, 3.63) is 90.6 Å². The molecule has 1 aliphatic heterocycles. The Kier molecular flexibility index (Phi) is 7.73. The van der Waals surface area contributed by atoms with Crippen LogP contribution in [-0.4, -0.2) is 30.2 Å². The normalized spacial score (nSPS) is 15.3. The number of hydrogen-bond donors (Lipinski definition) is 0. The van der Waals surface area contributed by atoms with Gasteiger partial charge in [-0.15, -0.1) is 0 Å². The Bertz CT molecular complexity index is 1550. The second kappa shape index (κ2) is 11.0. The quantitative estimate of drug-likeness (QED) is 0.350. The van der Waals surface area contributed by atoms with Gasteiger partial charge in [-0.1, -0.05) is 61.6 Å². The van der Waals surface area contributed by atoms with Crippen LogP contribution in [0.15, 0.2) is 69.6 Å². The summed E-state index contributed by atoms with van der Waals surface area (Å²) in [7, 11) is 1.45. The van der Waals surface area contributed by atoms with E-state index in [0.29, 0.717) is 26.3 Å². The van der Waals surface area contributed by atoms with E-state index in [4.69, 9.17) is 14.2 Å². The lowest BCUT2D eigenvalue weighted by molar-refractivity contribution is -0.140. The van der Waals surface area contributed by atoms with Crippen molar-refractivity contribution in [2.45, 2.75) is 33.7 Å². The number of fused-ring (bicyclic) bond motifs is 1. The minimum atomic E-state index is -0.811. The molecule has 9 heteroatoms. The lowest BCUT2D eigenvalue weighted by Gasteiger charge is -2.25. The molecule has 1 aliphatic rings. The van der Waals surface area contributed by atoms with E-state index in [1.54, 1.807) is 31.2 Å². The number of esters is 2. The maximum Gasteiger partial charge on any atom is 0.338 e. The molecular formula is C28H28N2O6S. The highest BCUT2D eigenvalue weighted by molar-refractivity contribution is 7.07. The van der Waals surface area contributed by atoms with Crippen molar-refractivity contribution < 1.29 is 23.8 Å². The molecule has 0 fully saturated rings. The molecule has 3 aromatic rings. The van der Waals surface area contributed by atoms with Crippen LogP contribution in [0.2, 0.25) is 0 Å². The number of ether oxygens (including phenoxy) is 3. The minimum Gasteiger partial charge on any atom is -0.493 e. The van der Waals surface area contributed by atoms with Crippen LogP contribution in [0.3, 0.4) is 0 Å². The molecule has 2 heterocycles. The summed E-state index contributed by atoms with van der Waals surface area (Å²) < 4.78 is 18.3. The predicted octanol–water partition coefficient (Wildman–Crippen LogP) is 3.37. The number of rotatable bonds is 7. The predicted molar refractivity (Wildman–Crippen MR) is 140 cm³/mol. The first-order valence-corrected chi connectivity index (χ1v) is 12.6. The molecule has 37 heavy (non-hydrogen) atoms. The number of nitrogens with zero attached hydrogens (tertiary/aromatic N) is 2. The first-order valence-electron chi connectivity index (χ1n) is 11.8. The highest BCUT2D eigenvalue weighted by Gasteiger charge is 2.34. The van der Waals surface area contributed by atoms with Crippen LogP contribution in [0.1, 0.15) is 44.9 Å². The van der Waals surface area contributed by atoms with Gasteiger partial charge in [0.05, 0.1) is 35.6 Å². The summed E-state index contributed by atoms with van der Waals surface area (Å²) in [5, 5.41) is 0. The van der Waals surface area contributed by atoms with Gasteiger partial charge in [0.25, 0.3) is 5.56 Å². The fourth-order valence-electron chi connectivity index (χ4n) is 4.01. The van der Waals surface area contributed by atoms with Crippen LogP contribution in [0.25, 0.3) is 6.08 Å². The monoisotopic (exact) mass is 520 g/mol. The Hall–Kier alpha value is -3.98. The second-order valence-electron chi connectivity index (χ2n) is 8.99. The van der Waals surface area contributed by atoms with E-state index >= 15 is 0 Å². The molecule has 0 bridgehead atoms. The number of allylic oxidation sites excluding steroid dienone is 1. The van der Waals surface area contributed by atoms with Gasteiger partial charge in [-0.25, -0.2) is 9.79 Å². The van der Waals surface area contributed by atoms with Crippen LogP contribution in [0.4, 0.5) is 0 Å². The lowest BCUT2D eigenvalue weighted by atomic mass is 9.95. The molecule has 192 valence electrons. The molecule has 0 radical (unpaired) electrons. The van der Waals surface area contributed by atoms with Crippen LogP contribution < -0.4 is 24.4 Å². The zero-order valence-corrected chi connectivity index (χ0v) is 22.1. The summed E-state index contributed by atoms with van der Waals surface area (Å²) in [4.78, 5) is 43.7. The Morgan fingerprint density at radius 3 is 2.51 bits per heavy atom. The molecule has 1 atom stereocenters. The zero-order chi connectivity index (χ0) is 26.7. The van der Waals surface area contributed by atoms with Crippen molar-refractivity contribution in [1.29, 1.82) is 0 Å². The molecule has 0 unspecified atom stereocenters. The molecule has 0 saturated heterocycles. The van der Waals surface area contributed by atoms with Gasteiger partial charge in [0, 0.05) is 6.92 Å². The molecule has 0 amide bonds. The zero-order valence-electron chi connectivity index (χ0n) is 21.3. The van der Waals surface area contributed by atoms with Gasteiger partial charge >= 0.3 is 11.9 Å². The van der Waals surface area contributed by atoms with Gasteiger partial charge in [-0.05, 0) is 42.2 Å². The first-order chi connectivity index (χ1) is 17.7. The van der Waals surface area contributed by atoms with Gasteiger partial charge in [-0.2, -0.15) is 0 Å². The molecule has 0 saturated carbocycles. The maximum absolute atomic E-state index is 13.7. The topological polar surface area (TPSA) is 96.2 Å². The number of aromatic nitrogens is 1. The smallest absolute Gasteiger partial charge is 0.338 e. The Morgan fingerprint density at radius 2 is 1.86 bits per heavy atom. The van der Waals surface area contributed by atoms with Crippen LogP contribution in [0.5, 0.6) is 11.5 Å². The van der Waals surface area contributed by atoms with Crippen molar-refractivity contribution in [1.82, 2.24) is 4.57 Å². The Labute approximate surface area is 218 Å². The van der Waals surface area contributed by atoms with Gasteiger partial charge in [-0.3, -0.25) is 14.2 Å². The number of hydrogen-bond acceptors (Lipinski definition) is 8. The number of methoxy groups -OCH3 is 1. The van der Waals surface area contributed by atoms with Crippen LogP contribution >= 0.6 is 11.3 Å². The molecule has 1 aromatic heterocycles. The molecule has 0 aliphatic carbocycles. The van der Waals surface area contributed by atoms with Gasteiger partial charge < -0.3 is 14.2 Å². The maximum atomic E-state index is 13.7. The van der Waals surface area contributed by atoms with Crippen molar-refractivity contribution in [2.24, 2.45) is 10.9 Å². The summed E-state index contributed by atoms with van der Waals surface area (Å²) in [5.41, 5.74) is 1.92. The summed E-state index contributed by atoms with van der Waals surface area (Å²) in [6.45, 7) is 7.16. The fourth-order valence-corrected chi connectivity index (χ4v) is 5.06. The Morgan fingerprint density at radius 1 is 1.14 bits per heavy atom. The SMILES string of the molecule is COc1cc([C@H]2C(C(=O)OCC(C)C)=C(C)N=c3s/c(=C/c4ccccc4)c(=O)n32)ccc1OC(C)=O. The third-order valence-corrected chi connectivity index (χ3v) is 6.63. The molecule has 8 nitrogen and oxygen atoms in total. The van der Waals surface area contributed by atoms with E-state index in [9.17, 15) is 14.4 Å². The van der Waals surface area contributed by atoms with Crippen LogP contribution in [-0.2, 0) is 14.3 Å². The van der Waals surface area contributed by atoms with Crippen molar-refractivity contribution in [3.63, 3.8) is 0 Å². The van der Waals surface area contributed by atoms with Crippen molar-refractivity contribution in [2.75, 3.05) is 13.7 Å². The largest absolute Gasteiger partial charge is 0.493 e. The number of carbonyl (C=O) groups excluding carboxylic acids is 2. The van der Waals surface area contributed by atoms with E-state index < -0.39 is 18.0 Å². The third kappa shape index (κ3) is 5.56. The average Bonchev–Trinajstić information content (AvgIpc) is 3.16. The van der Waals surface area contributed by atoms with Gasteiger partial charge in [0.15, 0.2) is 16.3 Å². The molecular weight excluding hydrogens is 492 g/mol. The molecule has 0 spiro atoms. The van der Waals surface area contributed by atoms with Gasteiger partial charge in [0.1, 0.15) is 0 Å². The molecule has 2 aromatic carbocycles. The molecule has 4 rings (SSSR count). The highest BCUT2D eigenvalue weighted by atomic mass is 32.1. The number of carbonyl (C=O) groups is 2. The molecule has 0 N–H and O–H groups in total. The summed E-state index contributed by atoms with van der Waals surface area (Å²) in [6, 6.07) is 13.7. The number of thiazole rings is 1. The second-order valence-corrected chi connectivity index (χ2v) is 10.00. The summed E-state index contributed by atoms with van der Waals surface area (Å²) >= 11 is 1.25. The number of benzene rings is 2. The lowest BCUT2D eigenvalue weighted by Crippen LogP contribution is -2.40. The first kappa shape index (κ1) is 26.1. The average molecular weight is 521 g/mol. The van der Waals surface area contributed by atoms with E-state index in [-0.39, 0.29) is 29.4 Å². The van der Waals surface area contributed by atoms with E-state index in [1.165, 1.54) is 29.9 Å². The van der Waals surface area contributed by atoms with E-state index in [0.717, 1.165) is 5.56 Å². The summed E-state index contributed by atoms with van der Waals surface area (Å²) in [5.74, 6) is -0.365.